The van der Waals surface area contributed by atoms with Crippen LogP contribution in [0.4, 0.5) is 24.5 Å². The van der Waals surface area contributed by atoms with Crippen LogP contribution in [-0.2, 0) is 0 Å². The Morgan fingerprint density at radius 3 is 2.65 bits per heavy atom. The molecule has 0 aromatic heterocycles. The molecule has 0 amide bonds. The van der Waals surface area contributed by atoms with Gasteiger partial charge in [0.1, 0.15) is 0 Å². The maximum Gasteiger partial charge on any atom is 0.389 e. The van der Waals surface area contributed by atoms with E-state index in [0.717, 1.165) is 0 Å². The fourth-order valence-electron chi connectivity index (χ4n) is 1.57. The van der Waals surface area contributed by atoms with E-state index in [4.69, 9.17) is 4.74 Å². The Hall–Kier alpha value is -1.99. The van der Waals surface area contributed by atoms with Crippen LogP contribution in [0, 0.1) is 10.1 Å². The highest BCUT2D eigenvalue weighted by Gasteiger charge is 2.25. The summed E-state index contributed by atoms with van der Waals surface area (Å²) < 4.78 is 41.0. The normalized spacial score (nSPS) is 11.2. The van der Waals surface area contributed by atoms with Crippen LogP contribution in [0.15, 0.2) is 18.2 Å². The maximum atomic E-state index is 12.0. The molecule has 1 aromatic carbocycles. The van der Waals surface area contributed by atoms with E-state index in [1.165, 1.54) is 18.2 Å². The van der Waals surface area contributed by atoms with Crippen molar-refractivity contribution in [2.45, 2.75) is 25.9 Å². The molecule has 8 heteroatoms. The molecule has 0 spiro atoms. The molecule has 0 heterocycles. The van der Waals surface area contributed by atoms with Crippen molar-refractivity contribution in [3.8, 4) is 5.75 Å². The minimum Gasteiger partial charge on any atom is -0.487 e. The number of nitrogens with one attached hydrogen (secondary N) is 1. The van der Waals surface area contributed by atoms with Crippen LogP contribution in [-0.4, -0.2) is 24.3 Å². The highest BCUT2D eigenvalue weighted by Crippen LogP contribution is 2.30. The summed E-state index contributed by atoms with van der Waals surface area (Å²) in [5.74, 6) is 0.0957. The quantitative estimate of drug-likeness (QED) is 0.472. The Morgan fingerprint density at radius 2 is 2.10 bits per heavy atom. The topological polar surface area (TPSA) is 64.4 Å². The molecule has 1 N–H and O–H groups in total. The Kier molecular flexibility index (Phi) is 5.60. The van der Waals surface area contributed by atoms with Gasteiger partial charge in [0, 0.05) is 30.8 Å². The highest BCUT2D eigenvalue weighted by atomic mass is 19.4. The van der Waals surface area contributed by atoms with Gasteiger partial charge in [-0.05, 0) is 19.4 Å². The predicted molar refractivity (Wildman–Crippen MR) is 68.0 cm³/mol. The number of nitrogens with zero attached hydrogens (tertiary/aromatic N) is 1. The van der Waals surface area contributed by atoms with Gasteiger partial charge in [-0.25, -0.2) is 0 Å². The summed E-state index contributed by atoms with van der Waals surface area (Å²) in [5, 5.41) is 13.5. The number of nitro benzene ring substituents is 1. The number of halogens is 3. The van der Waals surface area contributed by atoms with Crippen molar-refractivity contribution < 1.29 is 22.8 Å². The number of alkyl halides is 3. The summed E-state index contributed by atoms with van der Waals surface area (Å²) in [6, 6.07) is 4.11. The van der Waals surface area contributed by atoms with E-state index in [1.54, 1.807) is 6.92 Å². The van der Waals surface area contributed by atoms with E-state index in [1.807, 2.05) is 0 Å². The van der Waals surface area contributed by atoms with Crippen LogP contribution in [0.5, 0.6) is 5.75 Å². The third-order valence-corrected chi connectivity index (χ3v) is 2.42. The van der Waals surface area contributed by atoms with Gasteiger partial charge in [-0.1, -0.05) is 0 Å². The van der Waals surface area contributed by atoms with Gasteiger partial charge in [0.15, 0.2) is 5.75 Å². The zero-order valence-electron chi connectivity index (χ0n) is 10.9. The number of anilines is 1. The predicted octanol–water partition coefficient (Wildman–Crippen LogP) is 3.75. The van der Waals surface area contributed by atoms with Gasteiger partial charge in [0.05, 0.1) is 11.5 Å². The van der Waals surface area contributed by atoms with Gasteiger partial charge in [0.2, 0.25) is 0 Å². The number of hydrogen-bond donors (Lipinski definition) is 1. The minimum absolute atomic E-state index is 0.0650. The number of nitro groups is 1. The molecule has 0 bridgehead atoms. The number of benzene rings is 1. The number of ether oxygens (including phenoxy) is 1. The lowest BCUT2D eigenvalue weighted by molar-refractivity contribution is -0.385. The van der Waals surface area contributed by atoms with Crippen molar-refractivity contribution in [3.63, 3.8) is 0 Å². The van der Waals surface area contributed by atoms with Gasteiger partial charge < -0.3 is 10.1 Å². The van der Waals surface area contributed by atoms with Gasteiger partial charge >= 0.3 is 11.9 Å². The molecule has 1 rings (SSSR count). The van der Waals surface area contributed by atoms with Gasteiger partial charge in [-0.2, -0.15) is 13.2 Å². The molecule has 1 aromatic rings. The lowest BCUT2D eigenvalue weighted by Gasteiger charge is -2.10. The zero-order chi connectivity index (χ0) is 15.2. The van der Waals surface area contributed by atoms with Crippen molar-refractivity contribution in [1.82, 2.24) is 0 Å². The number of rotatable bonds is 7. The van der Waals surface area contributed by atoms with E-state index < -0.39 is 17.5 Å². The summed E-state index contributed by atoms with van der Waals surface area (Å²) in [5.41, 5.74) is 0.314. The van der Waals surface area contributed by atoms with Crippen LogP contribution >= 0.6 is 0 Å². The zero-order valence-corrected chi connectivity index (χ0v) is 10.9. The van der Waals surface area contributed by atoms with E-state index in [0.29, 0.717) is 5.69 Å². The maximum absolute atomic E-state index is 12.0. The minimum atomic E-state index is -4.17. The van der Waals surface area contributed by atoms with Crippen molar-refractivity contribution in [3.05, 3.63) is 28.3 Å². The second-order valence-electron chi connectivity index (χ2n) is 4.02. The lowest BCUT2D eigenvalue weighted by atomic mass is 10.2. The largest absolute Gasteiger partial charge is 0.487 e. The average molecular weight is 292 g/mol. The molecule has 5 nitrogen and oxygen atoms in total. The summed E-state index contributed by atoms with van der Waals surface area (Å²) in [4.78, 5) is 10.2. The molecule has 0 saturated heterocycles. The molecule has 112 valence electrons. The first-order chi connectivity index (χ1) is 9.33. The third-order valence-electron chi connectivity index (χ3n) is 2.42. The Bertz CT molecular complexity index is 464. The first-order valence-electron chi connectivity index (χ1n) is 6.05. The van der Waals surface area contributed by atoms with Crippen molar-refractivity contribution in [1.29, 1.82) is 0 Å². The van der Waals surface area contributed by atoms with Gasteiger partial charge in [-0.3, -0.25) is 10.1 Å². The second kappa shape index (κ2) is 6.97. The molecule has 0 unspecified atom stereocenters. The molecule has 0 aliphatic carbocycles. The molecule has 0 radical (unpaired) electrons. The van der Waals surface area contributed by atoms with Crippen molar-refractivity contribution in [2.75, 3.05) is 18.5 Å². The standard InChI is InChI=1S/C12H15F3N2O3/c1-2-20-11-8-9(4-5-10(11)17(18)19)16-7-3-6-12(13,14)15/h4-5,8,16H,2-3,6-7H2,1H3. The first-order valence-corrected chi connectivity index (χ1v) is 6.05. The summed E-state index contributed by atoms with van der Waals surface area (Å²) in [6.45, 7) is 2.08. The average Bonchev–Trinajstić information content (AvgIpc) is 2.34. The molecule has 0 atom stereocenters. The van der Waals surface area contributed by atoms with Crippen LogP contribution in [0.2, 0.25) is 0 Å². The molecule has 0 aliphatic heterocycles. The fourth-order valence-corrected chi connectivity index (χ4v) is 1.57. The van der Waals surface area contributed by atoms with Gasteiger partial charge in [0.25, 0.3) is 0 Å². The van der Waals surface area contributed by atoms with E-state index in [9.17, 15) is 23.3 Å². The third kappa shape index (κ3) is 5.33. The lowest BCUT2D eigenvalue weighted by Crippen LogP contribution is -2.11. The summed E-state index contributed by atoms with van der Waals surface area (Å²) >= 11 is 0. The van der Waals surface area contributed by atoms with E-state index in [-0.39, 0.29) is 31.0 Å². The second-order valence-corrected chi connectivity index (χ2v) is 4.02. The molecule has 0 aliphatic rings. The smallest absolute Gasteiger partial charge is 0.389 e. The van der Waals surface area contributed by atoms with Crippen molar-refractivity contribution in [2.24, 2.45) is 0 Å². The number of hydrogen-bond acceptors (Lipinski definition) is 4. The molecule has 0 saturated carbocycles. The molecule has 0 fully saturated rings. The molecular weight excluding hydrogens is 277 g/mol. The highest BCUT2D eigenvalue weighted by molar-refractivity contribution is 5.57. The van der Waals surface area contributed by atoms with Crippen LogP contribution in [0.25, 0.3) is 0 Å². The summed E-state index contributed by atoms with van der Waals surface area (Å²) in [6.07, 6.45) is -5.11. The monoisotopic (exact) mass is 292 g/mol. The van der Waals surface area contributed by atoms with E-state index >= 15 is 0 Å². The summed E-state index contributed by atoms with van der Waals surface area (Å²) in [7, 11) is 0. The Morgan fingerprint density at radius 1 is 1.40 bits per heavy atom. The van der Waals surface area contributed by atoms with Crippen LogP contribution < -0.4 is 10.1 Å². The van der Waals surface area contributed by atoms with Crippen molar-refractivity contribution >= 4 is 11.4 Å². The van der Waals surface area contributed by atoms with Crippen LogP contribution in [0.1, 0.15) is 19.8 Å². The Balaban J connectivity index is 2.63. The van der Waals surface area contributed by atoms with Crippen LogP contribution in [0.3, 0.4) is 0 Å². The van der Waals surface area contributed by atoms with Gasteiger partial charge in [-0.15, -0.1) is 0 Å². The molecular formula is C12H15F3N2O3. The fraction of sp³-hybridized carbons (Fsp3) is 0.500. The Labute approximate surface area is 113 Å². The first kappa shape index (κ1) is 16.1. The SMILES string of the molecule is CCOc1cc(NCCCC(F)(F)F)ccc1[N+](=O)[O-]. The molecule has 20 heavy (non-hydrogen) atoms. The van der Waals surface area contributed by atoms with E-state index in [2.05, 4.69) is 5.32 Å².